The van der Waals surface area contributed by atoms with E-state index in [1.54, 1.807) is 6.92 Å². The number of hydrogen-bond acceptors (Lipinski definition) is 4. The Balaban J connectivity index is 2.55. The minimum absolute atomic E-state index is 0.161. The van der Waals surface area contributed by atoms with E-state index >= 15 is 0 Å². The Bertz CT molecular complexity index is 362. The minimum Gasteiger partial charge on any atom is -0.491 e. The predicted molar refractivity (Wildman–Crippen MR) is 65.8 cm³/mol. The summed E-state index contributed by atoms with van der Waals surface area (Å²) in [7, 11) is 1.33. The second kappa shape index (κ2) is 5.68. The SMILES string of the molecule is COC(=O)C(C)(N)CC(C)Oc1ccccc1. The summed E-state index contributed by atoms with van der Waals surface area (Å²) < 4.78 is 10.3. The van der Waals surface area contributed by atoms with Crippen LogP contribution < -0.4 is 10.5 Å². The Morgan fingerprint density at radius 1 is 1.41 bits per heavy atom. The Morgan fingerprint density at radius 2 is 2.00 bits per heavy atom. The molecule has 0 fully saturated rings. The molecule has 0 amide bonds. The molecule has 1 aromatic rings. The van der Waals surface area contributed by atoms with E-state index in [2.05, 4.69) is 4.74 Å². The van der Waals surface area contributed by atoms with Gasteiger partial charge in [0.2, 0.25) is 0 Å². The Labute approximate surface area is 102 Å². The van der Waals surface area contributed by atoms with Crippen LogP contribution in [0.5, 0.6) is 5.75 Å². The molecule has 94 valence electrons. The van der Waals surface area contributed by atoms with Crippen LogP contribution >= 0.6 is 0 Å². The zero-order valence-corrected chi connectivity index (χ0v) is 10.5. The summed E-state index contributed by atoms with van der Waals surface area (Å²) in [5.74, 6) is 0.335. The Morgan fingerprint density at radius 3 is 2.53 bits per heavy atom. The first-order valence-corrected chi connectivity index (χ1v) is 5.54. The highest BCUT2D eigenvalue weighted by Crippen LogP contribution is 2.17. The third-order valence-corrected chi connectivity index (χ3v) is 2.44. The van der Waals surface area contributed by atoms with Crippen LogP contribution in [0, 0.1) is 0 Å². The van der Waals surface area contributed by atoms with Gasteiger partial charge in [-0.3, -0.25) is 4.79 Å². The number of carbonyl (C=O) groups excluding carboxylic acids is 1. The molecule has 2 N–H and O–H groups in total. The minimum atomic E-state index is -1.02. The van der Waals surface area contributed by atoms with Gasteiger partial charge in [-0.15, -0.1) is 0 Å². The van der Waals surface area contributed by atoms with Crippen molar-refractivity contribution < 1.29 is 14.3 Å². The monoisotopic (exact) mass is 237 g/mol. The molecular formula is C13H19NO3. The summed E-state index contributed by atoms with van der Waals surface area (Å²) in [6.07, 6.45) is 0.237. The van der Waals surface area contributed by atoms with Gasteiger partial charge < -0.3 is 15.2 Å². The first-order chi connectivity index (χ1) is 7.95. The molecule has 17 heavy (non-hydrogen) atoms. The molecule has 0 aliphatic heterocycles. The molecule has 0 aliphatic rings. The zero-order chi connectivity index (χ0) is 12.9. The fraction of sp³-hybridized carbons (Fsp3) is 0.462. The van der Waals surface area contributed by atoms with Gasteiger partial charge in [0.1, 0.15) is 11.3 Å². The van der Waals surface area contributed by atoms with E-state index in [4.69, 9.17) is 10.5 Å². The topological polar surface area (TPSA) is 61.5 Å². The molecule has 4 heteroatoms. The third-order valence-electron chi connectivity index (χ3n) is 2.44. The third kappa shape index (κ3) is 4.07. The number of hydrogen-bond donors (Lipinski definition) is 1. The van der Waals surface area contributed by atoms with Gasteiger partial charge in [0.25, 0.3) is 0 Å². The highest BCUT2D eigenvalue weighted by molar-refractivity contribution is 5.79. The van der Waals surface area contributed by atoms with Crippen molar-refractivity contribution in [2.45, 2.75) is 31.9 Å². The number of nitrogens with two attached hydrogens (primary N) is 1. The van der Waals surface area contributed by atoms with Crippen LogP contribution in [-0.4, -0.2) is 24.7 Å². The van der Waals surface area contributed by atoms with Gasteiger partial charge in [-0.25, -0.2) is 0 Å². The highest BCUT2D eigenvalue weighted by Gasteiger charge is 2.32. The van der Waals surface area contributed by atoms with Gasteiger partial charge in [0, 0.05) is 6.42 Å². The van der Waals surface area contributed by atoms with Gasteiger partial charge >= 0.3 is 5.97 Å². The van der Waals surface area contributed by atoms with Crippen LogP contribution in [0.2, 0.25) is 0 Å². The van der Waals surface area contributed by atoms with Crippen molar-refractivity contribution in [3.63, 3.8) is 0 Å². The molecule has 1 rings (SSSR count). The second-order valence-corrected chi connectivity index (χ2v) is 4.35. The van der Waals surface area contributed by atoms with E-state index in [0.717, 1.165) is 5.75 Å². The van der Waals surface area contributed by atoms with Crippen LogP contribution in [0.4, 0.5) is 0 Å². The lowest BCUT2D eigenvalue weighted by Gasteiger charge is -2.25. The summed E-state index contributed by atoms with van der Waals surface area (Å²) in [6.45, 7) is 3.52. The molecule has 0 radical (unpaired) electrons. The van der Waals surface area contributed by atoms with Gasteiger partial charge in [-0.05, 0) is 26.0 Å². The normalized spacial score (nSPS) is 15.8. The molecule has 0 aromatic heterocycles. The maximum atomic E-state index is 11.4. The number of para-hydroxylation sites is 1. The number of ether oxygens (including phenoxy) is 2. The smallest absolute Gasteiger partial charge is 0.325 e. The van der Waals surface area contributed by atoms with Crippen molar-refractivity contribution in [3.8, 4) is 5.75 Å². The van der Waals surface area contributed by atoms with Crippen LogP contribution in [0.1, 0.15) is 20.3 Å². The van der Waals surface area contributed by atoms with E-state index in [-0.39, 0.29) is 6.10 Å². The Kier molecular flexibility index (Phi) is 4.52. The second-order valence-electron chi connectivity index (χ2n) is 4.35. The molecule has 4 nitrogen and oxygen atoms in total. The van der Waals surface area contributed by atoms with Crippen LogP contribution in [0.3, 0.4) is 0 Å². The molecule has 0 bridgehead atoms. The largest absolute Gasteiger partial charge is 0.491 e. The number of methoxy groups -OCH3 is 1. The lowest BCUT2D eigenvalue weighted by atomic mass is 9.96. The number of rotatable bonds is 5. The van der Waals surface area contributed by atoms with Gasteiger partial charge in [0.05, 0.1) is 13.2 Å². The van der Waals surface area contributed by atoms with Crippen molar-refractivity contribution in [2.75, 3.05) is 7.11 Å². The van der Waals surface area contributed by atoms with E-state index in [1.807, 2.05) is 37.3 Å². The highest BCUT2D eigenvalue weighted by atomic mass is 16.5. The molecule has 0 spiro atoms. The number of carbonyl (C=O) groups is 1. The van der Waals surface area contributed by atoms with Crippen molar-refractivity contribution in [3.05, 3.63) is 30.3 Å². The van der Waals surface area contributed by atoms with Crippen molar-refractivity contribution in [2.24, 2.45) is 5.73 Å². The van der Waals surface area contributed by atoms with E-state index in [1.165, 1.54) is 7.11 Å². The average molecular weight is 237 g/mol. The standard InChI is InChI=1S/C13H19NO3/c1-10(9-13(2,14)12(15)16-3)17-11-7-5-4-6-8-11/h4-8,10H,9,14H2,1-3H3. The quantitative estimate of drug-likeness (QED) is 0.792. The first kappa shape index (κ1) is 13.5. The summed E-state index contributed by atoms with van der Waals surface area (Å²) in [5, 5.41) is 0. The first-order valence-electron chi connectivity index (χ1n) is 5.54. The fourth-order valence-corrected chi connectivity index (χ4v) is 1.69. The molecule has 0 saturated carbocycles. The summed E-state index contributed by atoms with van der Waals surface area (Å²) in [6, 6.07) is 9.43. The molecule has 0 heterocycles. The molecule has 1 aromatic carbocycles. The number of benzene rings is 1. The van der Waals surface area contributed by atoms with E-state index in [0.29, 0.717) is 6.42 Å². The van der Waals surface area contributed by atoms with Crippen molar-refractivity contribution in [1.29, 1.82) is 0 Å². The van der Waals surface area contributed by atoms with Crippen LogP contribution in [-0.2, 0) is 9.53 Å². The Hall–Kier alpha value is -1.55. The lowest BCUT2D eigenvalue weighted by molar-refractivity contribution is -0.147. The van der Waals surface area contributed by atoms with Gasteiger partial charge in [-0.2, -0.15) is 0 Å². The van der Waals surface area contributed by atoms with Crippen molar-refractivity contribution >= 4 is 5.97 Å². The van der Waals surface area contributed by atoms with Crippen LogP contribution in [0.15, 0.2) is 30.3 Å². The summed E-state index contributed by atoms with van der Waals surface area (Å²) in [4.78, 5) is 11.4. The zero-order valence-electron chi connectivity index (χ0n) is 10.5. The lowest BCUT2D eigenvalue weighted by Crippen LogP contribution is -2.48. The van der Waals surface area contributed by atoms with Gasteiger partial charge in [0.15, 0.2) is 0 Å². The summed E-state index contributed by atoms with van der Waals surface area (Å²) in [5.41, 5.74) is 4.85. The molecule has 2 atom stereocenters. The summed E-state index contributed by atoms with van der Waals surface area (Å²) >= 11 is 0. The van der Waals surface area contributed by atoms with E-state index in [9.17, 15) is 4.79 Å². The maximum Gasteiger partial charge on any atom is 0.325 e. The number of esters is 1. The molecule has 0 aliphatic carbocycles. The predicted octanol–water partition coefficient (Wildman–Crippen LogP) is 1.73. The van der Waals surface area contributed by atoms with Crippen LogP contribution in [0.25, 0.3) is 0 Å². The fourth-order valence-electron chi connectivity index (χ4n) is 1.69. The maximum absolute atomic E-state index is 11.4. The molecule has 2 unspecified atom stereocenters. The van der Waals surface area contributed by atoms with Crippen molar-refractivity contribution in [1.82, 2.24) is 0 Å². The average Bonchev–Trinajstić information content (AvgIpc) is 2.28. The van der Waals surface area contributed by atoms with Gasteiger partial charge in [-0.1, -0.05) is 18.2 Å². The van der Waals surface area contributed by atoms with E-state index < -0.39 is 11.5 Å². The molecular weight excluding hydrogens is 218 g/mol. The molecule has 0 saturated heterocycles.